The van der Waals surface area contributed by atoms with Crippen molar-refractivity contribution in [3.8, 4) is 0 Å². The highest BCUT2D eigenvalue weighted by Crippen LogP contribution is 2.24. The quantitative estimate of drug-likeness (QED) is 0.564. The second-order valence-electron chi connectivity index (χ2n) is 3.52. The van der Waals surface area contributed by atoms with E-state index in [0.29, 0.717) is 5.58 Å². The SMILES string of the molecule is Cc1cc(=O)oc2c1ccc1[nH]ncc12. The van der Waals surface area contributed by atoms with Gasteiger partial charge in [0.1, 0.15) is 5.58 Å². The number of rotatable bonds is 0. The van der Waals surface area contributed by atoms with Crippen molar-refractivity contribution in [3.63, 3.8) is 0 Å². The molecule has 0 saturated heterocycles. The van der Waals surface area contributed by atoms with Gasteiger partial charge in [0, 0.05) is 11.5 Å². The predicted molar refractivity (Wildman–Crippen MR) is 56.9 cm³/mol. The third kappa shape index (κ3) is 1.08. The van der Waals surface area contributed by atoms with Crippen molar-refractivity contribution in [2.75, 3.05) is 0 Å². The van der Waals surface area contributed by atoms with Gasteiger partial charge < -0.3 is 4.42 Å². The molecule has 2 heterocycles. The standard InChI is InChI=1S/C11H8N2O2/c1-6-4-10(14)15-11-7(6)2-3-9-8(11)5-12-13-9/h2-5H,1H3,(H,12,13). The molecule has 3 rings (SSSR count). The summed E-state index contributed by atoms with van der Waals surface area (Å²) in [6, 6.07) is 5.35. The zero-order valence-electron chi connectivity index (χ0n) is 8.07. The minimum Gasteiger partial charge on any atom is -0.422 e. The number of hydrogen-bond donors (Lipinski definition) is 1. The summed E-state index contributed by atoms with van der Waals surface area (Å²) in [4.78, 5) is 11.3. The Bertz CT molecular complexity index is 709. The van der Waals surface area contributed by atoms with Gasteiger partial charge in [-0.1, -0.05) is 0 Å². The third-order valence-electron chi connectivity index (χ3n) is 2.54. The normalized spacial score (nSPS) is 11.3. The molecule has 15 heavy (non-hydrogen) atoms. The molecule has 0 fully saturated rings. The number of nitrogens with one attached hydrogen (secondary N) is 1. The Morgan fingerprint density at radius 3 is 3.07 bits per heavy atom. The molecule has 0 amide bonds. The van der Waals surface area contributed by atoms with Crippen molar-refractivity contribution in [1.29, 1.82) is 0 Å². The average Bonchev–Trinajstić information content (AvgIpc) is 2.65. The third-order valence-corrected chi connectivity index (χ3v) is 2.54. The van der Waals surface area contributed by atoms with Crippen LogP contribution in [0.15, 0.2) is 33.6 Å². The lowest BCUT2D eigenvalue weighted by atomic mass is 10.1. The van der Waals surface area contributed by atoms with Crippen molar-refractivity contribution < 1.29 is 4.42 Å². The van der Waals surface area contributed by atoms with Crippen LogP contribution in [-0.4, -0.2) is 10.2 Å². The first-order chi connectivity index (χ1) is 7.25. The van der Waals surface area contributed by atoms with Gasteiger partial charge in [0.15, 0.2) is 0 Å². The molecule has 0 unspecified atom stereocenters. The Morgan fingerprint density at radius 2 is 2.20 bits per heavy atom. The zero-order valence-corrected chi connectivity index (χ0v) is 8.07. The number of aromatic nitrogens is 2. The van der Waals surface area contributed by atoms with Gasteiger partial charge in [0.25, 0.3) is 0 Å². The van der Waals surface area contributed by atoms with Gasteiger partial charge in [-0.05, 0) is 24.6 Å². The lowest BCUT2D eigenvalue weighted by molar-refractivity contribution is 0.563. The topological polar surface area (TPSA) is 58.9 Å². The van der Waals surface area contributed by atoms with Crippen LogP contribution in [0.4, 0.5) is 0 Å². The van der Waals surface area contributed by atoms with Crippen LogP contribution in [0.2, 0.25) is 0 Å². The van der Waals surface area contributed by atoms with Gasteiger partial charge in [-0.3, -0.25) is 5.10 Å². The molecule has 0 aliphatic heterocycles. The number of hydrogen-bond acceptors (Lipinski definition) is 3. The molecule has 0 atom stereocenters. The summed E-state index contributed by atoms with van der Waals surface area (Å²) in [5.41, 5.74) is 2.07. The fraction of sp³-hybridized carbons (Fsp3) is 0.0909. The van der Waals surface area contributed by atoms with E-state index in [-0.39, 0.29) is 5.63 Å². The molecule has 0 aliphatic carbocycles. The zero-order chi connectivity index (χ0) is 10.4. The Kier molecular flexibility index (Phi) is 1.48. The molecule has 74 valence electrons. The van der Waals surface area contributed by atoms with Gasteiger partial charge in [0.05, 0.1) is 17.1 Å². The maximum atomic E-state index is 11.3. The van der Waals surface area contributed by atoms with Gasteiger partial charge in [0.2, 0.25) is 0 Å². The summed E-state index contributed by atoms with van der Waals surface area (Å²) in [6.45, 7) is 1.89. The first-order valence-electron chi connectivity index (χ1n) is 4.62. The van der Waals surface area contributed by atoms with Crippen molar-refractivity contribution in [3.05, 3.63) is 40.4 Å². The maximum Gasteiger partial charge on any atom is 0.336 e. The Balaban J connectivity index is 2.67. The number of aromatic amines is 1. The molecule has 1 aromatic carbocycles. The summed E-state index contributed by atoms with van der Waals surface area (Å²) in [5.74, 6) is 0. The number of benzene rings is 1. The van der Waals surface area contributed by atoms with Crippen LogP contribution in [0.3, 0.4) is 0 Å². The Labute approximate surface area is 84.5 Å². The van der Waals surface area contributed by atoms with Crippen molar-refractivity contribution in [2.45, 2.75) is 6.92 Å². The minimum absolute atomic E-state index is 0.325. The van der Waals surface area contributed by atoms with Crippen LogP contribution in [0, 0.1) is 6.92 Å². The van der Waals surface area contributed by atoms with Crippen molar-refractivity contribution in [2.24, 2.45) is 0 Å². The summed E-state index contributed by atoms with van der Waals surface area (Å²) in [7, 11) is 0. The average molecular weight is 200 g/mol. The molecule has 3 aromatic rings. The van der Waals surface area contributed by atoms with E-state index in [1.165, 1.54) is 6.07 Å². The molecular weight excluding hydrogens is 192 g/mol. The van der Waals surface area contributed by atoms with E-state index in [0.717, 1.165) is 21.9 Å². The molecule has 0 bridgehead atoms. The van der Waals surface area contributed by atoms with E-state index in [4.69, 9.17) is 4.42 Å². The molecule has 0 spiro atoms. The van der Waals surface area contributed by atoms with E-state index < -0.39 is 0 Å². The van der Waals surface area contributed by atoms with E-state index in [2.05, 4.69) is 10.2 Å². The van der Waals surface area contributed by atoms with Crippen molar-refractivity contribution in [1.82, 2.24) is 10.2 Å². The summed E-state index contributed by atoms with van der Waals surface area (Å²) < 4.78 is 5.20. The lowest BCUT2D eigenvalue weighted by Gasteiger charge is -2.00. The van der Waals surface area contributed by atoms with Gasteiger partial charge in [-0.2, -0.15) is 5.10 Å². The fourth-order valence-electron chi connectivity index (χ4n) is 1.80. The fourth-order valence-corrected chi connectivity index (χ4v) is 1.80. The van der Waals surface area contributed by atoms with Crippen LogP contribution in [0.25, 0.3) is 21.9 Å². The summed E-state index contributed by atoms with van der Waals surface area (Å²) >= 11 is 0. The molecule has 4 heteroatoms. The maximum absolute atomic E-state index is 11.3. The molecule has 0 radical (unpaired) electrons. The van der Waals surface area contributed by atoms with Crippen LogP contribution in [0.1, 0.15) is 5.56 Å². The second-order valence-corrected chi connectivity index (χ2v) is 3.52. The monoisotopic (exact) mass is 200 g/mol. The van der Waals surface area contributed by atoms with Gasteiger partial charge in [-0.15, -0.1) is 0 Å². The molecular formula is C11H8N2O2. The van der Waals surface area contributed by atoms with Crippen LogP contribution >= 0.6 is 0 Å². The van der Waals surface area contributed by atoms with Crippen LogP contribution in [0.5, 0.6) is 0 Å². The highest BCUT2D eigenvalue weighted by Gasteiger charge is 2.07. The first-order valence-corrected chi connectivity index (χ1v) is 4.62. The second kappa shape index (κ2) is 2.70. The van der Waals surface area contributed by atoms with Gasteiger partial charge >= 0.3 is 5.63 Å². The number of aryl methyl sites for hydroxylation is 1. The van der Waals surface area contributed by atoms with Crippen LogP contribution in [-0.2, 0) is 0 Å². The predicted octanol–water partition coefficient (Wildman–Crippen LogP) is 1.98. The highest BCUT2D eigenvalue weighted by atomic mass is 16.4. The van der Waals surface area contributed by atoms with E-state index in [1.54, 1.807) is 6.20 Å². The minimum atomic E-state index is -0.325. The van der Waals surface area contributed by atoms with Gasteiger partial charge in [-0.25, -0.2) is 4.79 Å². The van der Waals surface area contributed by atoms with E-state index in [9.17, 15) is 4.79 Å². The number of H-pyrrole nitrogens is 1. The summed E-state index contributed by atoms with van der Waals surface area (Å²) in [6.07, 6.45) is 1.67. The number of nitrogens with zero attached hydrogens (tertiary/aromatic N) is 1. The molecule has 1 N–H and O–H groups in total. The highest BCUT2D eigenvalue weighted by molar-refractivity contribution is 6.03. The first kappa shape index (κ1) is 8.23. The lowest BCUT2D eigenvalue weighted by Crippen LogP contribution is -1.97. The Hall–Kier alpha value is -2.10. The van der Waals surface area contributed by atoms with Crippen molar-refractivity contribution >= 4 is 21.9 Å². The van der Waals surface area contributed by atoms with E-state index in [1.807, 2.05) is 19.1 Å². The molecule has 0 aliphatic rings. The summed E-state index contributed by atoms with van der Waals surface area (Å²) in [5, 5.41) is 8.55. The van der Waals surface area contributed by atoms with E-state index >= 15 is 0 Å². The molecule has 2 aromatic heterocycles. The van der Waals surface area contributed by atoms with Crippen LogP contribution < -0.4 is 5.63 Å². The number of fused-ring (bicyclic) bond motifs is 3. The smallest absolute Gasteiger partial charge is 0.336 e. The largest absolute Gasteiger partial charge is 0.422 e. The molecule has 0 saturated carbocycles. The Morgan fingerprint density at radius 1 is 1.33 bits per heavy atom. The molecule has 4 nitrogen and oxygen atoms in total.